The van der Waals surface area contributed by atoms with Crippen molar-refractivity contribution in [3.8, 4) is 5.75 Å². The van der Waals surface area contributed by atoms with E-state index in [1.807, 2.05) is 6.07 Å². The first-order chi connectivity index (χ1) is 19.7. The highest BCUT2D eigenvalue weighted by Gasteiger charge is 2.57. The van der Waals surface area contributed by atoms with Crippen molar-refractivity contribution in [3.05, 3.63) is 109 Å². The maximum Gasteiger partial charge on any atom is 0.308 e. The molecule has 0 saturated carbocycles. The van der Waals surface area contributed by atoms with Crippen molar-refractivity contribution >= 4 is 57.9 Å². The molecule has 1 aromatic heterocycles. The molecule has 0 bridgehead atoms. The van der Waals surface area contributed by atoms with Gasteiger partial charge in [-0.1, -0.05) is 59.5 Å². The number of para-hydroxylation sites is 2. The van der Waals surface area contributed by atoms with Gasteiger partial charge in [0.2, 0.25) is 17.7 Å². The standard InChI is InChI=1S/C28H20N4O7S2/c33-19-9-5-4-8-18(19)21-22-23(26(36)31(25(22)35)16-10-12-17(13-11-16)32(38)39)40-27-24(21)41-28(37)30(27)14-20(34)29-15-6-2-1-3-7-15/h1-13,21-23,33H,14H2,(H,29,34)/t21-,22?,23?/m0/s1. The molecule has 11 nitrogen and oxygen atoms in total. The van der Waals surface area contributed by atoms with Crippen molar-refractivity contribution in [1.82, 2.24) is 4.57 Å². The maximum atomic E-state index is 13.9. The smallest absolute Gasteiger partial charge is 0.308 e. The number of carbonyl (C=O) groups excluding carboxylic acids is 3. The number of aromatic hydroxyl groups is 1. The van der Waals surface area contributed by atoms with Crippen LogP contribution in [0, 0.1) is 16.0 Å². The summed E-state index contributed by atoms with van der Waals surface area (Å²) in [6, 6.07) is 20.3. The summed E-state index contributed by atoms with van der Waals surface area (Å²) in [4.78, 5) is 65.3. The maximum absolute atomic E-state index is 13.9. The first kappa shape index (κ1) is 26.5. The topological polar surface area (TPSA) is 152 Å². The highest BCUT2D eigenvalue weighted by Crippen LogP contribution is 2.55. The van der Waals surface area contributed by atoms with Gasteiger partial charge in [-0.2, -0.15) is 0 Å². The number of nitrogens with zero attached hydrogens (tertiary/aromatic N) is 3. The summed E-state index contributed by atoms with van der Waals surface area (Å²) >= 11 is 1.91. The van der Waals surface area contributed by atoms with Crippen LogP contribution in [0.15, 0.2) is 88.7 Å². The van der Waals surface area contributed by atoms with Gasteiger partial charge in [-0.3, -0.25) is 33.9 Å². The highest BCUT2D eigenvalue weighted by molar-refractivity contribution is 8.00. The summed E-state index contributed by atoms with van der Waals surface area (Å²) in [5, 5.41) is 24.1. The number of imide groups is 1. The molecule has 0 spiro atoms. The lowest BCUT2D eigenvalue weighted by Crippen LogP contribution is -2.33. The van der Waals surface area contributed by atoms with Crippen molar-refractivity contribution < 1.29 is 24.4 Å². The summed E-state index contributed by atoms with van der Waals surface area (Å²) in [5.41, 5.74) is 0.925. The number of phenols is 1. The molecule has 0 radical (unpaired) electrons. The number of carbonyl (C=O) groups is 3. The SMILES string of the molecule is O=C(Cn1c2c(sc1=O)[C@@H](c1ccccc1O)C1C(=O)N(c3ccc([N+](=O)[O-])cc3)C(=O)C1S2)Nc1ccccc1. The number of hydrogen-bond donors (Lipinski definition) is 2. The van der Waals surface area contributed by atoms with Gasteiger partial charge >= 0.3 is 4.87 Å². The average molecular weight is 589 g/mol. The Morgan fingerprint density at radius 1 is 0.951 bits per heavy atom. The zero-order valence-electron chi connectivity index (χ0n) is 21.0. The molecule has 2 unspecified atom stereocenters. The molecular weight excluding hydrogens is 568 g/mol. The number of benzene rings is 3. The van der Waals surface area contributed by atoms with Crippen molar-refractivity contribution in [3.63, 3.8) is 0 Å². The van der Waals surface area contributed by atoms with Crippen LogP contribution in [-0.4, -0.2) is 37.6 Å². The van der Waals surface area contributed by atoms with E-state index < -0.39 is 44.6 Å². The fraction of sp³-hybridized carbons (Fsp3) is 0.143. The van der Waals surface area contributed by atoms with E-state index in [1.165, 1.54) is 34.9 Å². The zero-order chi connectivity index (χ0) is 28.8. The predicted octanol–water partition coefficient (Wildman–Crippen LogP) is 3.96. The molecule has 2 aliphatic rings. The summed E-state index contributed by atoms with van der Waals surface area (Å²) in [5.74, 6) is -3.45. The van der Waals surface area contributed by atoms with Gasteiger partial charge in [0, 0.05) is 34.2 Å². The molecule has 13 heteroatoms. The number of rotatable bonds is 6. The third kappa shape index (κ3) is 4.58. The van der Waals surface area contributed by atoms with Gasteiger partial charge in [0.15, 0.2) is 0 Å². The van der Waals surface area contributed by atoms with Crippen LogP contribution in [0.5, 0.6) is 5.75 Å². The van der Waals surface area contributed by atoms with Gasteiger partial charge in [0.1, 0.15) is 17.5 Å². The second-order valence-electron chi connectivity index (χ2n) is 9.42. The normalized spacial score (nSPS) is 19.5. The lowest BCUT2D eigenvalue weighted by molar-refractivity contribution is -0.384. The molecule has 6 rings (SSSR count). The third-order valence-electron chi connectivity index (χ3n) is 7.00. The molecule has 1 saturated heterocycles. The fourth-order valence-electron chi connectivity index (χ4n) is 5.18. The van der Waals surface area contributed by atoms with E-state index in [9.17, 15) is 34.4 Å². The second kappa shape index (κ2) is 10.3. The first-order valence-corrected chi connectivity index (χ1v) is 14.1. The van der Waals surface area contributed by atoms with Gasteiger partial charge in [-0.25, -0.2) is 4.90 Å². The number of amides is 3. The van der Waals surface area contributed by atoms with Crippen LogP contribution < -0.4 is 15.1 Å². The fourth-order valence-corrected chi connectivity index (χ4v) is 7.95. The van der Waals surface area contributed by atoms with Crippen LogP contribution in [-0.2, 0) is 20.9 Å². The molecule has 0 aliphatic carbocycles. The number of anilines is 2. The van der Waals surface area contributed by atoms with E-state index in [4.69, 9.17) is 0 Å². The Bertz CT molecular complexity index is 1770. The molecule has 41 heavy (non-hydrogen) atoms. The van der Waals surface area contributed by atoms with Crippen molar-refractivity contribution in [2.75, 3.05) is 10.2 Å². The number of non-ortho nitro benzene ring substituents is 1. The molecule has 3 aromatic carbocycles. The van der Waals surface area contributed by atoms with Crippen LogP contribution in [0.2, 0.25) is 0 Å². The number of hydrogen-bond acceptors (Lipinski definition) is 9. The number of aromatic nitrogens is 1. The second-order valence-corrected chi connectivity index (χ2v) is 11.5. The Balaban J connectivity index is 1.42. The molecule has 1 fully saturated rings. The monoisotopic (exact) mass is 588 g/mol. The lowest BCUT2D eigenvalue weighted by Gasteiger charge is -2.31. The number of nitrogens with one attached hydrogen (secondary N) is 1. The van der Waals surface area contributed by atoms with Crippen LogP contribution in [0.4, 0.5) is 17.1 Å². The number of nitro benzene ring substituents is 1. The molecule has 3 heterocycles. The Hall–Kier alpha value is -4.75. The number of fused-ring (bicyclic) bond motifs is 2. The predicted molar refractivity (Wildman–Crippen MR) is 152 cm³/mol. The van der Waals surface area contributed by atoms with Gasteiger partial charge in [-0.05, 0) is 30.3 Å². The lowest BCUT2D eigenvalue weighted by atomic mass is 9.82. The van der Waals surface area contributed by atoms with E-state index in [2.05, 4.69) is 5.32 Å². The summed E-state index contributed by atoms with van der Waals surface area (Å²) in [6.45, 7) is -0.314. The van der Waals surface area contributed by atoms with Crippen LogP contribution in [0.25, 0.3) is 0 Å². The molecule has 4 aromatic rings. The van der Waals surface area contributed by atoms with Gasteiger partial charge in [0.05, 0.1) is 21.6 Å². The van der Waals surface area contributed by atoms with Gasteiger partial charge in [-0.15, -0.1) is 0 Å². The minimum absolute atomic E-state index is 0.0997. The summed E-state index contributed by atoms with van der Waals surface area (Å²) < 4.78 is 1.29. The molecule has 206 valence electrons. The number of nitro groups is 1. The average Bonchev–Trinajstić information content (AvgIpc) is 3.40. The number of phenolic OH excluding ortho intramolecular Hbond substituents is 1. The van der Waals surface area contributed by atoms with Crippen molar-refractivity contribution in [2.24, 2.45) is 5.92 Å². The molecule has 2 aliphatic heterocycles. The largest absolute Gasteiger partial charge is 0.508 e. The van der Waals surface area contributed by atoms with Crippen molar-refractivity contribution in [2.45, 2.75) is 22.7 Å². The Labute approximate surface area is 240 Å². The quantitative estimate of drug-likeness (QED) is 0.195. The van der Waals surface area contributed by atoms with Crippen molar-refractivity contribution in [1.29, 1.82) is 0 Å². The van der Waals surface area contributed by atoms with Gasteiger partial charge < -0.3 is 10.4 Å². The Morgan fingerprint density at radius 2 is 1.63 bits per heavy atom. The zero-order valence-corrected chi connectivity index (χ0v) is 22.6. The summed E-state index contributed by atoms with van der Waals surface area (Å²) in [7, 11) is 0. The van der Waals surface area contributed by atoms with E-state index in [0.717, 1.165) is 28.0 Å². The molecular formula is C28H20N4O7S2. The molecule has 3 amide bonds. The van der Waals surface area contributed by atoms with E-state index in [1.54, 1.807) is 42.5 Å². The minimum Gasteiger partial charge on any atom is -0.508 e. The van der Waals surface area contributed by atoms with Crippen LogP contribution in [0.3, 0.4) is 0 Å². The van der Waals surface area contributed by atoms with E-state index >= 15 is 0 Å². The van der Waals surface area contributed by atoms with Gasteiger partial charge in [0.25, 0.3) is 5.69 Å². The minimum atomic E-state index is -0.966. The Morgan fingerprint density at radius 3 is 2.32 bits per heavy atom. The van der Waals surface area contributed by atoms with E-state index in [0.29, 0.717) is 21.2 Å². The first-order valence-electron chi connectivity index (χ1n) is 12.4. The molecule has 3 atom stereocenters. The van der Waals surface area contributed by atoms with Crippen LogP contribution >= 0.6 is 23.1 Å². The molecule has 2 N–H and O–H groups in total. The highest BCUT2D eigenvalue weighted by atomic mass is 32.2. The Kier molecular flexibility index (Phi) is 6.67. The third-order valence-corrected chi connectivity index (χ3v) is 9.60. The summed E-state index contributed by atoms with van der Waals surface area (Å²) in [6.07, 6.45) is 0. The number of thioether (sulfide) groups is 1. The number of thiazole rings is 1. The van der Waals surface area contributed by atoms with E-state index in [-0.39, 0.29) is 23.7 Å². The van der Waals surface area contributed by atoms with Crippen LogP contribution in [0.1, 0.15) is 16.4 Å².